The number of aromatic nitrogens is 1. The third kappa shape index (κ3) is 5.93. The summed E-state index contributed by atoms with van der Waals surface area (Å²) in [7, 11) is 0. The summed E-state index contributed by atoms with van der Waals surface area (Å²) in [6, 6.07) is 12.3. The van der Waals surface area contributed by atoms with Crippen LogP contribution in [0.15, 0.2) is 63.5 Å². The zero-order valence-corrected chi connectivity index (χ0v) is 24.0. The summed E-state index contributed by atoms with van der Waals surface area (Å²) in [5.41, 5.74) is 2.04. The minimum absolute atomic E-state index is 0.0997. The highest BCUT2D eigenvalue weighted by atomic mass is 32.1. The number of ether oxygens (including phenoxy) is 4. The molecule has 9 heteroatoms. The largest absolute Gasteiger partial charge is 0.491 e. The Hall–Kier alpha value is -3.85. The van der Waals surface area contributed by atoms with E-state index in [2.05, 4.69) is 4.99 Å². The number of carbonyl (C=O) groups excluding carboxylic acids is 1. The molecule has 39 heavy (non-hydrogen) atoms. The number of allylic oxidation sites excluding steroid dienone is 1. The van der Waals surface area contributed by atoms with Crippen LogP contribution in [0.25, 0.3) is 6.08 Å². The van der Waals surface area contributed by atoms with Crippen LogP contribution in [0.2, 0.25) is 0 Å². The summed E-state index contributed by atoms with van der Waals surface area (Å²) in [4.78, 5) is 32.3. The molecule has 1 aromatic heterocycles. The van der Waals surface area contributed by atoms with E-state index in [0.717, 1.165) is 5.56 Å². The molecule has 8 nitrogen and oxygen atoms in total. The molecule has 2 aromatic carbocycles. The van der Waals surface area contributed by atoms with Crippen molar-refractivity contribution < 1.29 is 23.7 Å². The zero-order valence-electron chi connectivity index (χ0n) is 23.1. The van der Waals surface area contributed by atoms with Crippen molar-refractivity contribution in [1.29, 1.82) is 0 Å². The molecule has 1 aliphatic heterocycles. The SMILES string of the molecule is CCOC(=O)C1=C(C)N=c2s/c(=C\c3ccc(OCC)c(OCC)c3)c(=O)n2[C@H]1c1ccccc1OC(C)C. The third-order valence-corrected chi connectivity index (χ3v) is 6.94. The lowest BCUT2D eigenvalue weighted by Gasteiger charge is -2.26. The molecular weight excluding hydrogens is 516 g/mol. The fraction of sp³-hybridized carbons (Fsp3) is 0.367. The molecule has 0 aliphatic carbocycles. The predicted octanol–water partition coefficient (Wildman–Crippen LogP) is 4.38. The maximum absolute atomic E-state index is 14.0. The number of esters is 1. The molecule has 0 amide bonds. The van der Waals surface area contributed by atoms with Crippen molar-refractivity contribution in [2.75, 3.05) is 19.8 Å². The second kappa shape index (κ2) is 12.3. The second-order valence-corrected chi connectivity index (χ2v) is 10.1. The van der Waals surface area contributed by atoms with Crippen molar-refractivity contribution in [2.45, 2.75) is 53.7 Å². The minimum Gasteiger partial charge on any atom is -0.491 e. The lowest BCUT2D eigenvalue weighted by Crippen LogP contribution is -2.40. The molecule has 0 radical (unpaired) electrons. The summed E-state index contributed by atoms with van der Waals surface area (Å²) in [5, 5.41) is 0. The predicted molar refractivity (Wildman–Crippen MR) is 151 cm³/mol. The van der Waals surface area contributed by atoms with Crippen LogP contribution in [0.3, 0.4) is 0 Å². The number of carbonyl (C=O) groups is 1. The van der Waals surface area contributed by atoms with Gasteiger partial charge in [-0.05, 0) is 71.4 Å². The van der Waals surface area contributed by atoms with Gasteiger partial charge >= 0.3 is 5.97 Å². The lowest BCUT2D eigenvalue weighted by molar-refractivity contribution is -0.139. The molecule has 0 saturated heterocycles. The fourth-order valence-corrected chi connectivity index (χ4v) is 5.51. The summed E-state index contributed by atoms with van der Waals surface area (Å²) < 4.78 is 25.0. The van der Waals surface area contributed by atoms with Crippen LogP contribution in [-0.4, -0.2) is 36.5 Å². The molecule has 3 aromatic rings. The van der Waals surface area contributed by atoms with E-state index < -0.39 is 12.0 Å². The molecule has 0 saturated carbocycles. The number of fused-ring (bicyclic) bond motifs is 1. The number of hydrogen-bond donors (Lipinski definition) is 0. The van der Waals surface area contributed by atoms with Gasteiger partial charge in [-0.2, -0.15) is 0 Å². The van der Waals surface area contributed by atoms with E-state index in [1.54, 1.807) is 24.5 Å². The number of hydrogen-bond acceptors (Lipinski definition) is 8. The van der Waals surface area contributed by atoms with Gasteiger partial charge in [0.25, 0.3) is 5.56 Å². The molecule has 1 aliphatic rings. The average molecular weight is 551 g/mol. The maximum atomic E-state index is 14.0. The molecule has 0 bridgehead atoms. The van der Waals surface area contributed by atoms with E-state index in [1.165, 1.54) is 11.3 Å². The average Bonchev–Trinajstić information content (AvgIpc) is 3.19. The number of benzene rings is 2. The van der Waals surface area contributed by atoms with Crippen molar-refractivity contribution in [2.24, 2.45) is 4.99 Å². The van der Waals surface area contributed by atoms with E-state index in [0.29, 0.717) is 56.6 Å². The quantitative estimate of drug-likeness (QED) is 0.348. The van der Waals surface area contributed by atoms with Crippen molar-refractivity contribution in [3.8, 4) is 17.2 Å². The Morgan fingerprint density at radius 1 is 1.03 bits per heavy atom. The lowest BCUT2D eigenvalue weighted by atomic mass is 9.95. The van der Waals surface area contributed by atoms with Crippen LogP contribution < -0.4 is 29.1 Å². The Bertz CT molecular complexity index is 1570. The number of para-hydroxylation sites is 1. The smallest absolute Gasteiger partial charge is 0.338 e. The van der Waals surface area contributed by atoms with Crippen LogP contribution in [0.1, 0.15) is 58.7 Å². The van der Waals surface area contributed by atoms with Crippen molar-refractivity contribution in [3.63, 3.8) is 0 Å². The van der Waals surface area contributed by atoms with E-state index in [4.69, 9.17) is 18.9 Å². The number of rotatable bonds is 10. The van der Waals surface area contributed by atoms with Gasteiger partial charge in [-0.25, -0.2) is 9.79 Å². The molecule has 0 N–H and O–H groups in total. The van der Waals surface area contributed by atoms with Gasteiger partial charge in [-0.1, -0.05) is 35.6 Å². The van der Waals surface area contributed by atoms with Crippen LogP contribution >= 0.6 is 11.3 Å². The normalized spacial score (nSPS) is 15.2. The number of thiazole rings is 1. The van der Waals surface area contributed by atoms with Gasteiger partial charge in [0.2, 0.25) is 0 Å². The topological polar surface area (TPSA) is 88.4 Å². The number of nitrogens with zero attached hydrogens (tertiary/aromatic N) is 2. The second-order valence-electron chi connectivity index (χ2n) is 9.08. The van der Waals surface area contributed by atoms with E-state index in [-0.39, 0.29) is 18.3 Å². The van der Waals surface area contributed by atoms with Crippen LogP contribution in [-0.2, 0) is 9.53 Å². The van der Waals surface area contributed by atoms with Crippen molar-refractivity contribution >= 4 is 23.4 Å². The Morgan fingerprint density at radius 3 is 2.44 bits per heavy atom. The van der Waals surface area contributed by atoms with Gasteiger partial charge in [0.05, 0.1) is 41.7 Å². The summed E-state index contributed by atoms with van der Waals surface area (Å²) in [6.45, 7) is 12.4. The minimum atomic E-state index is -0.753. The van der Waals surface area contributed by atoms with Crippen LogP contribution in [0, 0.1) is 0 Å². The Morgan fingerprint density at radius 2 is 1.74 bits per heavy atom. The highest BCUT2D eigenvalue weighted by Gasteiger charge is 2.35. The van der Waals surface area contributed by atoms with Gasteiger partial charge in [0, 0.05) is 5.56 Å². The van der Waals surface area contributed by atoms with Gasteiger partial charge in [-0.3, -0.25) is 9.36 Å². The molecule has 4 rings (SSSR count). The Labute approximate surface area is 231 Å². The van der Waals surface area contributed by atoms with Gasteiger partial charge in [0.15, 0.2) is 16.3 Å². The monoisotopic (exact) mass is 550 g/mol. The third-order valence-electron chi connectivity index (χ3n) is 5.96. The van der Waals surface area contributed by atoms with E-state index >= 15 is 0 Å². The van der Waals surface area contributed by atoms with E-state index in [9.17, 15) is 9.59 Å². The highest BCUT2D eigenvalue weighted by Crippen LogP contribution is 2.36. The first-order chi connectivity index (χ1) is 18.8. The van der Waals surface area contributed by atoms with Gasteiger partial charge in [0.1, 0.15) is 11.8 Å². The first-order valence-electron chi connectivity index (χ1n) is 13.1. The molecule has 2 heterocycles. The standard InChI is InChI=1S/C30H34N2O6S/c1-7-35-23-15-14-20(16-24(23)36-8-2)17-25-28(33)32-27(21-12-10-11-13-22(21)38-18(4)5)26(29(34)37-9-3)19(6)31-30(32)39-25/h10-18,27H,7-9H2,1-6H3/b25-17-/t27-/m0/s1. The van der Waals surface area contributed by atoms with Crippen molar-refractivity contribution in [3.05, 3.63) is 84.5 Å². The molecule has 206 valence electrons. The molecule has 0 unspecified atom stereocenters. The molecule has 0 spiro atoms. The van der Waals surface area contributed by atoms with Crippen LogP contribution in [0.5, 0.6) is 17.2 Å². The fourth-order valence-electron chi connectivity index (χ4n) is 4.46. The summed E-state index contributed by atoms with van der Waals surface area (Å²) in [5.74, 6) is 1.34. The molecule has 1 atom stereocenters. The maximum Gasteiger partial charge on any atom is 0.338 e. The first-order valence-corrected chi connectivity index (χ1v) is 13.9. The van der Waals surface area contributed by atoms with Gasteiger partial charge in [-0.15, -0.1) is 0 Å². The Balaban J connectivity index is 1.93. The van der Waals surface area contributed by atoms with Crippen LogP contribution in [0.4, 0.5) is 0 Å². The van der Waals surface area contributed by atoms with E-state index in [1.807, 2.05) is 70.2 Å². The molecule has 0 fully saturated rings. The highest BCUT2D eigenvalue weighted by molar-refractivity contribution is 7.07. The Kier molecular flexibility index (Phi) is 8.91. The molecular formula is C30H34N2O6S. The summed E-state index contributed by atoms with van der Waals surface area (Å²) in [6.07, 6.45) is 1.70. The van der Waals surface area contributed by atoms with Crippen molar-refractivity contribution in [1.82, 2.24) is 4.57 Å². The zero-order chi connectivity index (χ0) is 28.1. The first kappa shape index (κ1) is 28.2. The summed E-state index contributed by atoms with van der Waals surface area (Å²) >= 11 is 1.27. The van der Waals surface area contributed by atoms with Gasteiger partial charge < -0.3 is 18.9 Å².